The van der Waals surface area contributed by atoms with Crippen molar-refractivity contribution in [2.75, 3.05) is 20.3 Å². The molecule has 1 aromatic carbocycles. The van der Waals surface area contributed by atoms with Crippen LogP contribution in [0.5, 0.6) is 0 Å². The van der Waals surface area contributed by atoms with Gasteiger partial charge in [0.1, 0.15) is 5.82 Å². The predicted molar refractivity (Wildman–Crippen MR) is 141 cm³/mol. The molecule has 4 aliphatic carbocycles. The number of carbonyl (C=O) groups excluding carboxylic acids is 1. The van der Waals surface area contributed by atoms with E-state index >= 15 is 0 Å². The Bertz CT molecular complexity index is 830. The molecule has 9 unspecified atom stereocenters. The van der Waals surface area contributed by atoms with Crippen molar-refractivity contribution in [3.8, 4) is 0 Å². The van der Waals surface area contributed by atoms with Crippen LogP contribution in [0.25, 0.3) is 0 Å². The minimum atomic E-state index is -0.465. The highest BCUT2D eigenvalue weighted by molar-refractivity contribution is 5.74. The Morgan fingerprint density at radius 2 is 1.86 bits per heavy atom. The topological polar surface area (TPSA) is 38.3 Å². The molecule has 0 spiro atoms. The molecular formula is C31H48FNO2. The van der Waals surface area contributed by atoms with E-state index in [2.05, 4.69) is 33.1 Å². The predicted octanol–water partition coefficient (Wildman–Crippen LogP) is 7.15. The van der Waals surface area contributed by atoms with Crippen LogP contribution >= 0.6 is 0 Å². The van der Waals surface area contributed by atoms with Gasteiger partial charge >= 0.3 is 0 Å². The Balaban J connectivity index is 0.000000271. The Kier molecular flexibility index (Phi) is 9.08. The molecule has 3 nitrogen and oxygen atoms in total. The van der Waals surface area contributed by atoms with Gasteiger partial charge < -0.3 is 10.1 Å². The Hall–Kier alpha value is -1.26. The van der Waals surface area contributed by atoms with Gasteiger partial charge in [-0.3, -0.25) is 4.79 Å². The fourth-order valence-corrected chi connectivity index (χ4v) is 9.02. The maximum absolute atomic E-state index is 12.4. The summed E-state index contributed by atoms with van der Waals surface area (Å²) in [5, 5.41) is 3.59. The van der Waals surface area contributed by atoms with Gasteiger partial charge in [-0.15, -0.1) is 0 Å². The van der Waals surface area contributed by atoms with Gasteiger partial charge in [-0.1, -0.05) is 19.1 Å². The molecule has 0 saturated heterocycles. The summed E-state index contributed by atoms with van der Waals surface area (Å²) in [4.78, 5) is 9.99. The Labute approximate surface area is 213 Å². The van der Waals surface area contributed by atoms with E-state index in [1.807, 2.05) is 0 Å². The lowest BCUT2D eigenvalue weighted by Crippen LogP contribution is -2.50. The van der Waals surface area contributed by atoms with Crippen molar-refractivity contribution in [2.24, 2.45) is 46.8 Å². The number of carbonyl (C=O) groups is 1. The highest BCUT2D eigenvalue weighted by Crippen LogP contribution is 2.64. The lowest BCUT2D eigenvalue weighted by molar-refractivity contribution is -0.0752. The zero-order valence-corrected chi connectivity index (χ0v) is 22.5. The highest BCUT2D eigenvalue weighted by Gasteiger charge is 2.57. The number of nitrogens with one attached hydrogen (secondary N) is 1. The number of hydrogen-bond donors (Lipinski definition) is 1. The normalized spacial score (nSPS) is 38.8. The second kappa shape index (κ2) is 11.9. The third-order valence-corrected chi connectivity index (χ3v) is 10.8. The average Bonchev–Trinajstić information content (AvgIpc) is 3.24. The third kappa shape index (κ3) is 5.54. The van der Waals surface area contributed by atoms with Crippen LogP contribution in [0.1, 0.15) is 88.9 Å². The number of rotatable bonds is 6. The molecule has 9 atom stereocenters. The number of halogens is 1. The third-order valence-electron chi connectivity index (χ3n) is 10.8. The van der Waals surface area contributed by atoms with Crippen LogP contribution in [-0.2, 0) is 4.74 Å². The zero-order chi connectivity index (χ0) is 25.0. The lowest BCUT2D eigenvalue weighted by atomic mass is 9.49. The largest absolute Gasteiger partial charge is 0.381 e. The van der Waals surface area contributed by atoms with Gasteiger partial charge in [0.25, 0.3) is 0 Å². The van der Waals surface area contributed by atoms with Gasteiger partial charge in [0.05, 0.1) is 5.56 Å². The van der Waals surface area contributed by atoms with Crippen molar-refractivity contribution in [3.05, 3.63) is 35.6 Å². The van der Waals surface area contributed by atoms with Crippen LogP contribution in [0, 0.1) is 52.7 Å². The van der Waals surface area contributed by atoms with E-state index in [0.717, 1.165) is 54.6 Å². The maximum atomic E-state index is 12.4. The smallest absolute Gasteiger partial charge is 0.152 e. The first-order valence-corrected chi connectivity index (χ1v) is 14.4. The minimum absolute atomic E-state index is 0.109. The fraction of sp³-hybridized carbons (Fsp3) is 0.774. The van der Waals surface area contributed by atoms with Crippen LogP contribution in [-0.4, -0.2) is 32.6 Å². The van der Waals surface area contributed by atoms with E-state index in [0.29, 0.717) is 17.7 Å². The van der Waals surface area contributed by atoms with E-state index in [1.54, 1.807) is 12.1 Å². The van der Waals surface area contributed by atoms with E-state index in [-0.39, 0.29) is 5.56 Å². The molecule has 0 aliphatic heterocycles. The monoisotopic (exact) mass is 485 g/mol. The van der Waals surface area contributed by atoms with Gasteiger partial charge in [0.15, 0.2) is 6.29 Å². The quantitative estimate of drug-likeness (QED) is 0.435. The molecular weight excluding hydrogens is 437 g/mol. The molecule has 196 valence electrons. The summed E-state index contributed by atoms with van der Waals surface area (Å²) in [6.07, 6.45) is 14.0. The first kappa shape index (κ1) is 26.8. The molecule has 1 aromatic rings. The van der Waals surface area contributed by atoms with Gasteiger partial charge in [-0.25, -0.2) is 4.39 Å². The van der Waals surface area contributed by atoms with Gasteiger partial charge in [0, 0.05) is 19.3 Å². The first-order chi connectivity index (χ1) is 16.9. The molecule has 0 heterocycles. The molecule has 0 aromatic heterocycles. The molecule has 5 rings (SSSR count). The lowest BCUT2D eigenvalue weighted by Gasteiger charge is -2.56. The van der Waals surface area contributed by atoms with Gasteiger partial charge in [0.2, 0.25) is 0 Å². The van der Waals surface area contributed by atoms with Crippen LogP contribution in [0.3, 0.4) is 0 Å². The molecule has 0 amide bonds. The minimum Gasteiger partial charge on any atom is -0.381 e. The van der Waals surface area contributed by atoms with E-state index in [4.69, 9.17) is 4.74 Å². The van der Waals surface area contributed by atoms with Crippen molar-refractivity contribution in [1.82, 2.24) is 5.32 Å². The van der Waals surface area contributed by atoms with Crippen LogP contribution in [0.15, 0.2) is 24.3 Å². The van der Waals surface area contributed by atoms with Crippen LogP contribution < -0.4 is 5.32 Å². The number of fused-ring (bicyclic) bond motifs is 5. The summed E-state index contributed by atoms with van der Waals surface area (Å²) < 4.78 is 18.1. The summed E-state index contributed by atoms with van der Waals surface area (Å²) in [7, 11) is 2.17. The molecule has 0 bridgehead atoms. The number of aldehydes is 1. The fourth-order valence-electron chi connectivity index (χ4n) is 9.02. The van der Waals surface area contributed by atoms with Crippen molar-refractivity contribution in [1.29, 1.82) is 0 Å². The summed E-state index contributed by atoms with van der Waals surface area (Å²) in [6, 6.07) is 6.54. The second-order valence-electron chi connectivity index (χ2n) is 12.2. The van der Waals surface area contributed by atoms with Crippen molar-refractivity contribution < 1.29 is 13.9 Å². The average molecular weight is 486 g/mol. The highest BCUT2D eigenvalue weighted by atomic mass is 19.1. The van der Waals surface area contributed by atoms with Crippen LogP contribution in [0.4, 0.5) is 4.39 Å². The molecule has 1 N–H and O–H groups in total. The van der Waals surface area contributed by atoms with Crippen LogP contribution in [0.2, 0.25) is 0 Å². The standard InChI is InChI=1S/C24H43NO.C7H5FO/c1-5-26-15-17-6-8-19-18(14-17)7-9-21-20(19)12-13-24(3)22(16(2)25-4)10-11-23(21)24;8-7-4-2-1-3-6(7)5-9/h16-23,25H,5-15H2,1-4H3;1-5H. The van der Waals surface area contributed by atoms with Crippen molar-refractivity contribution in [2.45, 2.75) is 84.6 Å². The number of hydrogen-bond acceptors (Lipinski definition) is 3. The molecule has 4 saturated carbocycles. The van der Waals surface area contributed by atoms with Gasteiger partial charge in [-0.2, -0.15) is 0 Å². The molecule has 0 radical (unpaired) electrons. The zero-order valence-electron chi connectivity index (χ0n) is 22.5. The summed E-state index contributed by atoms with van der Waals surface area (Å²) in [6.45, 7) is 9.16. The number of ether oxygens (including phenoxy) is 1. The van der Waals surface area contributed by atoms with E-state index < -0.39 is 5.82 Å². The summed E-state index contributed by atoms with van der Waals surface area (Å²) in [5.74, 6) is 6.49. The maximum Gasteiger partial charge on any atom is 0.152 e. The molecule has 4 heteroatoms. The van der Waals surface area contributed by atoms with Crippen molar-refractivity contribution >= 4 is 6.29 Å². The second-order valence-corrected chi connectivity index (χ2v) is 12.2. The summed E-state index contributed by atoms with van der Waals surface area (Å²) in [5.41, 5.74) is 0.722. The van der Waals surface area contributed by atoms with Crippen molar-refractivity contribution in [3.63, 3.8) is 0 Å². The Morgan fingerprint density at radius 3 is 2.54 bits per heavy atom. The SMILES string of the molecule is CCOCC1CCC2C(CCC3C2CCC2(C)C(C(C)NC)CCC32)C1.O=Cc1ccccc1F. The molecule has 4 aliphatic rings. The molecule has 4 fully saturated rings. The Morgan fingerprint density at radius 1 is 1.09 bits per heavy atom. The van der Waals surface area contributed by atoms with Gasteiger partial charge in [-0.05, 0) is 138 Å². The number of benzene rings is 1. The first-order valence-electron chi connectivity index (χ1n) is 14.4. The summed E-state index contributed by atoms with van der Waals surface area (Å²) >= 11 is 0. The molecule has 35 heavy (non-hydrogen) atoms. The van der Waals surface area contributed by atoms with E-state index in [9.17, 15) is 9.18 Å². The van der Waals surface area contributed by atoms with E-state index in [1.165, 1.54) is 69.9 Å².